The maximum atomic E-state index is 13.5. The van der Waals surface area contributed by atoms with Crippen LogP contribution in [-0.4, -0.2) is 23.2 Å². The lowest BCUT2D eigenvalue weighted by atomic mass is 9.92. The fourth-order valence-electron chi connectivity index (χ4n) is 1.69. The van der Waals surface area contributed by atoms with Gasteiger partial charge in [-0.15, -0.1) is 0 Å². The van der Waals surface area contributed by atoms with Crippen molar-refractivity contribution in [1.29, 1.82) is 0 Å². The maximum Gasteiger partial charge on any atom is 0.287 e. The first-order chi connectivity index (χ1) is 9.31. The van der Waals surface area contributed by atoms with Gasteiger partial charge in [0.1, 0.15) is 0 Å². The van der Waals surface area contributed by atoms with E-state index < -0.39 is 17.3 Å². The van der Waals surface area contributed by atoms with Crippen LogP contribution in [0.25, 0.3) is 11.0 Å². The second kappa shape index (κ2) is 5.25. The van der Waals surface area contributed by atoms with Crippen LogP contribution in [0.2, 0.25) is 0 Å². The highest BCUT2D eigenvalue weighted by atomic mass is 19.1. The van der Waals surface area contributed by atoms with Gasteiger partial charge in [-0.1, -0.05) is 26.0 Å². The van der Waals surface area contributed by atoms with E-state index in [0.29, 0.717) is 5.39 Å². The van der Waals surface area contributed by atoms with Gasteiger partial charge in [-0.2, -0.15) is 0 Å². The summed E-state index contributed by atoms with van der Waals surface area (Å²) in [5.41, 5.74) is -0.944. The molecule has 1 unspecified atom stereocenters. The Labute approximate surface area is 116 Å². The Morgan fingerprint density at radius 3 is 2.80 bits per heavy atom. The molecular formula is C15H18FNO3. The molecule has 5 heteroatoms. The van der Waals surface area contributed by atoms with Crippen molar-refractivity contribution < 1.29 is 18.7 Å². The molecule has 0 bridgehead atoms. The molecule has 1 atom stereocenters. The van der Waals surface area contributed by atoms with E-state index in [-0.39, 0.29) is 23.8 Å². The topological polar surface area (TPSA) is 62.5 Å². The zero-order valence-electron chi connectivity index (χ0n) is 11.7. The number of nitrogens with one attached hydrogen (secondary N) is 1. The minimum atomic E-state index is -1.01. The number of amides is 1. The van der Waals surface area contributed by atoms with E-state index in [1.54, 1.807) is 19.1 Å². The monoisotopic (exact) mass is 279 g/mol. The standard InChI is InChI=1S/C15H18FNO3/c1-9(2)15(3,19)8-17-14(18)12-7-10-5-4-6-11(16)13(10)20-12/h4-7,9,19H,8H2,1-3H3,(H,17,18). The van der Waals surface area contributed by atoms with E-state index in [1.807, 2.05) is 13.8 Å². The van der Waals surface area contributed by atoms with Crippen LogP contribution in [0.4, 0.5) is 4.39 Å². The van der Waals surface area contributed by atoms with Gasteiger partial charge in [0.25, 0.3) is 5.91 Å². The quantitative estimate of drug-likeness (QED) is 0.904. The highest BCUT2D eigenvalue weighted by Gasteiger charge is 2.26. The number of carbonyl (C=O) groups is 1. The van der Waals surface area contributed by atoms with E-state index in [9.17, 15) is 14.3 Å². The lowest BCUT2D eigenvalue weighted by Gasteiger charge is -2.27. The molecular weight excluding hydrogens is 261 g/mol. The first kappa shape index (κ1) is 14.5. The Hall–Kier alpha value is -1.88. The van der Waals surface area contributed by atoms with E-state index in [1.165, 1.54) is 12.1 Å². The number of benzene rings is 1. The van der Waals surface area contributed by atoms with Gasteiger partial charge in [-0.3, -0.25) is 4.79 Å². The van der Waals surface area contributed by atoms with Crippen LogP contribution in [0.1, 0.15) is 31.3 Å². The Morgan fingerprint density at radius 2 is 2.20 bits per heavy atom. The molecule has 2 rings (SSSR count). The molecule has 0 saturated carbocycles. The molecule has 2 aromatic rings. The van der Waals surface area contributed by atoms with Crippen molar-refractivity contribution in [2.75, 3.05) is 6.54 Å². The van der Waals surface area contributed by atoms with Crippen molar-refractivity contribution in [3.8, 4) is 0 Å². The SMILES string of the molecule is CC(C)C(C)(O)CNC(=O)c1cc2cccc(F)c2o1. The average molecular weight is 279 g/mol. The van der Waals surface area contributed by atoms with Crippen LogP contribution in [0.15, 0.2) is 28.7 Å². The van der Waals surface area contributed by atoms with Crippen molar-refractivity contribution in [2.24, 2.45) is 5.92 Å². The van der Waals surface area contributed by atoms with Crippen molar-refractivity contribution in [1.82, 2.24) is 5.32 Å². The summed E-state index contributed by atoms with van der Waals surface area (Å²) < 4.78 is 18.7. The average Bonchev–Trinajstić information content (AvgIpc) is 2.81. The smallest absolute Gasteiger partial charge is 0.287 e. The number of aliphatic hydroxyl groups is 1. The first-order valence-corrected chi connectivity index (χ1v) is 6.50. The van der Waals surface area contributed by atoms with Crippen LogP contribution in [0.3, 0.4) is 0 Å². The number of para-hydroxylation sites is 1. The van der Waals surface area contributed by atoms with Crippen LogP contribution in [-0.2, 0) is 0 Å². The third-order valence-corrected chi connectivity index (χ3v) is 3.57. The molecule has 0 fully saturated rings. The minimum Gasteiger partial charge on any atom is -0.448 e. The number of hydrogen-bond acceptors (Lipinski definition) is 3. The van der Waals surface area contributed by atoms with E-state index >= 15 is 0 Å². The summed E-state index contributed by atoms with van der Waals surface area (Å²) in [5.74, 6) is -0.946. The van der Waals surface area contributed by atoms with Gasteiger partial charge in [-0.25, -0.2) is 4.39 Å². The first-order valence-electron chi connectivity index (χ1n) is 6.50. The summed E-state index contributed by atoms with van der Waals surface area (Å²) in [7, 11) is 0. The number of carbonyl (C=O) groups excluding carboxylic acids is 1. The second-order valence-electron chi connectivity index (χ2n) is 5.46. The van der Waals surface area contributed by atoms with Gasteiger partial charge in [0.2, 0.25) is 0 Å². The summed E-state index contributed by atoms with van der Waals surface area (Å²) in [6.45, 7) is 5.48. The van der Waals surface area contributed by atoms with Gasteiger partial charge in [0, 0.05) is 11.9 Å². The highest BCUT2D eigenvalue weighted by molar-refractivity contribution is 5.96. The Balaban J connectivity index is 2.14. The number of rotatable bonds is 4. The summed E-state index contributed by atoms with van der Waals surface area (Å²) >= 11 is 0. The molecule has 0 aliphatic carbocycles. The summed E-state index contributed by atoms with van der Waals surface area (Å²) in [5, 5.41) is 13.2. The fraction of sp³-hybridized carbons (Fsp3) is 0.400. The molecule has 1 aromatic heterocycles. The molecule has 0 aliphatic heterocycles. The van der Waals surface area contributed by atoms with Crippen molar-refractivity contribution in [2.45, 2.75) is 26.4 Å². The maximum absolute atomic E-state index is 13.5. The molecule has 0 saturated heterocycles. The molecule has 1 amide bonds. The van der Waals surface area contributed by atoms with Crippen molar-refractivity contribution >= 4 is 16.9 Å². The molecule has 1 aromatic carbocycles. The van der Waals surface area contributed by atoms with Gasteiger partial charge in [-0.05, 0) is 25.0 Å². The third kappa shape index (κ3) is 2.82. The summed E-state index contributed by atoms with van der Waals surface area (Å²) in [6.07, 6.45) is 0. The number of halogens is 1. The normalized spacial score (nSPS) is 14.5. The number of hydrogen-bond donors (Lipinski definition) is 2. The third-order valence-electron chi connectivity index (χ3n) is 3.57. The molecule has 0 spiro atoms. The summed E-state index contributed by atoms with van der Waals surface area (Å²) in [6, 6.07) is 5.98. The van der Waals surface area contributed by atoms with Gasteiger partial charge in [0.15, 0.2) is 17.2 Å². The Bertz CT molecular complexity index is 631. The number of furan rings is 1. The van der Waals surface area contributed by atoms with Gasteiger partial charge < -0.3 is 14.8 Å². The number of fused-ring (bicyclic) bond motifs is 1. The van der Waals surface area contributed by atoms with Crippen molar-refractivity contribution in [3.63, 3.8) is 0 Å². The van der Waals surface area contributed by atoms with Crippen LogP contribution in [0.5, 0.6) is 0 Å². The molecule has 20 heavy (non-hydrogen) atoms. The van der Waals surface area contributed by atoms with Crippen LogP contribution >= 0.6 is 0 Å². The molecule has 4 nitrogen and oxygen atoms in total. The zero-order chi connectivity index (χ0) is 14.9. The molecule has 1 heterocycles. The highest BCUT2D eigenvalue weighted by Crippen LogP contribution is 2.22. The Morgan fingerprint density at radius 1 is 1.50 bits per heavy atom. The van der Waals surface area contributed by atoms with E-state index in [0.717, 1.165) is 0 Å². The zero-order valence-corrected chi connectivity index (χ0v) is 11.7. The van der Waals surface area contributed by atoms with Gasteiger partial charge in [0.05, 0.1) is 5.60 Å². The van der Waals surface area contributed by atoms with Crippen LogP contribution < -0.4 is 5.32 Å². The predicted molar refractivity (Wildman–Crippen MR) is 74.0 cm³/mol. The molecule has 2 N–H and O–H groups in total. The fourth-order valence-corrected chi connectivity index (χ4v) is 1.69. The molecule has 0 aliphatic rings. The summed E-state index contributed by atoms with van der Waals surface area (Å²) in [4.78, 5) is 12.0. The largest absolute Gasteiger partial charge is 0.448 e. The second-order valence-corrected chi connectivity index (χ2v) is 5.46. The molecule has 0 radical (unpaired) electrons. The predicted octanol–water partition coefficient (Wildman–Crippen LogP) is 2.71. The lowest BCUT2D eigenvalue weighted by Crippen LogP contribution is -2.44. The minimum absolute atomic E-state index is 0.00378. The Kier molecular flexibility index (Phi) is 3.81. The van der Waals surface area contributed by atoms with Gasteiger partial charge >= 0.3 is 0 Å². The lowest BCUT2D eigenvalue weighted by molar-refractivity contribution is 0.0140. The van der Waals surface area contributed by atoms with E-state index in [4.69, 9.17) is 4.42 Å². The molecule has 108 valence electrons. The van der Waals surface area contributed by atoms with Crippen LogP contribution in [0, 0.1) is 11.7 Å². The van der Waals surface area contributed by atoms with Crippen molar-refractivity contribution in [3.05, 3.63) is 35.8 Å². The van der Waals surface area contributed by atoms with E-state index in [2.05, 4.69) is 5.32 Å².